The summed E-state index contributed by atoms with van der Waals surface area (Å²) < 4.78 is 10.7. The van der Waals surface area contributed by atoms with Crippen LogP contribution in [0.15, 0.2) is 18.2 Å². The summed E-state index contributed by atoms with van der Waals surface area (Å²) in [5, 5.41) is 14.1. The first-order valence-electron chi connectivity index (χ1n) is 7.28. The summed E-state index contributed by atoms with van der Waals surface area (Å²) in [4.78, 5) is 10.5. The van der Waals surface area contributed by atoms with E-state index in [1.54, 1.807) is 19.2 Å². The van der Waals surface area contributed by atoms with E-state index in [9.17, 15) is 10.1 Å². The summed E-state index contributed by atoms with van der Waals surface area (Å²) in [6, 6.07) is 4.73. The van der Waals surface area contributed by atoms with Crippen molar-refractivity contribution in [2.75, 3.05) is 26.9 Å². The SMILES string of the molecule is CCCNCc1cc([N+](=O)[O-])ccc1OCCCCOC. The zero-order valence-corrected chi connectivity index (χ0v) is 12.8. The number of hydrogen-bond acceptors (Lipinski definition) is 5. The normalized spacial score (nSPS) is 10.6. The van der Waals surface area contributed by atoms with Crippen LogP contribution in [0.1, 0.15) is 31.7 Å². The Bertz CT molecular complexity index is 438. The highest BCUT2D eigenvalue weighted by molar-refractivity contribution is 5.43. The molecule has 6 heteroatoms. The third-order valence-electron chi connectivity index (χ3n) is 3.00. The summed E-state index contributed by atoms with van der Waals surface area (Å²) in [6.07, 6.45) is 2.85. The second kappa shape index (κ2) is 10.1. The Morgan fingerprint density at radius 1 is 1.29 bits per heavy atom. The van der Waals surface area contributed by atoms with Gasteiger partial charge in [-0.05, 0) is 31.9 Å². The minimum Gasteiger partial charge on any atom is -0.493 e. The van der Waals surface area contributed by atoms with Crippen LogP contribution in [0.3, 0.4) is 0 Å². The standard InChI is InChI=1S/C15H24N2O4/c1-3-8-16-12-13-11-14(17(18)19)6-7-15(13)21-10-5-4-9-20-2/h6-7,11,16H,3-5,8-10,12H2,1-2H3. The van der Waals surface area contributed by atoms with Gasteiger partial charge in [-0.1, -0.05) is 6.92 Å². The first kappa shape index (κ1) is 17.4. The molecule has 6 nitrogen and oxygen atoms in total. The van der Waals surface area contributed by atoms with Gasteiger partial charge in [-0.25, -0.2) is 0 Å². The van der Waals surface area contributed by atoms with Gasteiger partial charge in [0.05, 0.1) is 11.5 Å². The lowest BCUT2D eigenvalue weighted by atomic mass is 10.1. The van der Waals surface area contributed by atoms with Crippen LogP contribution >= 0.6 is 0 Å². The minimum absolute atomic E-state index is 0.0926. The van der Waals surface area contributed by atoms with Gasteiger partial charge < -0.3 is 14.8 Å². The van der Waals surface area contributed by atoms with E-state index >= 15 is 0 Å². The van der Waals surface area contributed by atoms with Gasteiger partial charge in [0.15, 0.2) is 0 Å². The number of hydrogen-bond donors (Lipinski definition) is 1. The lowest BCUT2D eigenvalue weighted by Gasteiger charge is -2.12. The fraction of sp³-hybridized carbons (Fsp3) is 0.600. The number of rotatable bonds is 11. The topological polar surface area (TPSA) is 73.6 Å². The Kier molecular flexibility index (Phi) is 8.38. The molecule has 0 bridgehead atoms. The van der Waals surface area contributed by atoms with Crippen molar-refractivity contribution >= 4 is 5.69 Å². The lowest BCUT2D eigenvalue weighted by molar-refractivity contribution is -0.384. The highest BCUT2D eigenvalue weighted by Crippen LogP contribution is 2.24. The van der Waals surface area contributed by atoms with E-state index < -0.39 is 0 Å². The number of methoxy groups -OCH3 is 1. The van der Waals surface area contributed by atoms with E-state index in [-0.39, 0.29) is 10.6 Å². The van der Waals surface area contributed by atoms with Crippen molar-refractivity contribution in [2.24, 2.45) is 0 Å². The second-order valence-electron chi connectivity index (χ2n) is 4.77. The Hall–Kier alpha value is -1.66. The quantitative estimate of drug-likeness (QED) is 0.386. The fourth-order valence-electron chi connectivity index (χ4n) is 1.89. The molecule has 1 aromatic carbocycles. The van der Waals surface area contributed by atoms with Crippen LogP contribution in [0.25, 0.3) is 0 Å². The first-order valence-corrected chi connectivity index (χ1v) is 7.28. The van der Waals surface area contributed by atoms with Gasteiger partial charge in [0.2, 0.25) is 0 Å². The smallest absolute Gasteiger partial charge is 0.270 e. The van der Waals surface area contributed by atoms with E-state index in [4.69, 9.17) is 9.47 Å². The molecule has 1 rings (SSSR count). The fourth-order valence-corrected chi connectivity index (χ4v) is 1.89. The van der Waals surface area contributed by atoms with E-state index in [0.717, 1.165) is 31.4 Å². The Morgan fingerprint density at radius 2 is 2.05 bits per heavy atom. The number of nitrogens with zero attached hydrogens (tertiary/aromatic N) is 1. The van der Waals surface area contributed by atoms with Crippen LogP contribution in [0.2, 0.25) is 0 Å². The average molecular weight is 296 g/mol. The van der Waals surface area contributed by atoms with Crippen molar-refractivity contribution in [3.63, 3.8) is 0 Å². The number of nitrogens with one attached hydrogen (secondary N) is 1. The molecule has 0 saturated carbocycles. The number of ether oxygens (including phenoxy) is 2. The van der Waals surface area contributed by atoms with Gasteiger partial charge in [0.25, 0.3) is 5.69 Å². The van der Waals surface area contributed by atoms with Crippen LogP contribution in [0, 0.1) is 10.1 Å². The molecule has 0 heterocycles. The Balaban J connectivity index is 2.64. The van der Waals surface area contributed by atoms with Gasteiger partial charge in [0, 0.05) is 38.0 Å². The largest absolute Gasteiger partial charge is 0.493 e. The number of nitro groups is 1. The van der Waals surface area contributed by atoms with Crippen LogP contribution in [0.4, 0.5) is 5.69 Å². The number of non-ortho nitro benzene ring substituents is 1. The number of benzene rings is 1. The van der Waals surface area contributed by atoms with Crippen molar-refractivity contribution in [3.05, 3.63) is 33.9 Å². The maximum atomic E-state index is 10.9. The van der Waals surface area contributed by atoms with E-state index in [1.807, 2.05) is 0 Å². The highest BCUT2D eigenvalue weighted by Gasteiger charge is 2.11. The van der Waals surface area contributed by atoms with Crippen molar-refractivity contribution in [3.8, 4) is 5.75 Å². The van der Waals surface area contributed by atoms with Crippen molar-refractivity contribution < 1.29 is 14.4 Å². The van der Waals surface area contributed by atoms with E-state index in [0.29, 0.717) is 25.5 Å². The number of unbranched alkanes of at least 4 members (excludes halogenated alkanes) is 1. The van der Waals surface area contributed by atoms with Gasteiger partial charge in [-0.15, -0.1) is 0 Å². The molecule has 0 saturated heterocycles. The van der Waals surface area contributed by atoms with Gasteiger partial charge >= 0.3 is 0 Å². The molecular weight excluding hydrogens is 272 g/mol. The molecular formula is C15H24N2O4. The summed E-state index contributed by atoms with van der Waals surface area (Å²) in [6.45, 7) is 4.82. The first-order chi connectivity index (χ1) is 10.2. The predicted molar refractivity (Wildman–Crippen MR) is 81.7 cm³/mol. The molecule has 0 atom stereocenters. The number of nitro benzene ring substituents is 1. The monoisotopic (exact) mass is 296 g/mol. The van der Waals surface area contributed by atoms with E-state index in [1.165, 1.54) is 6.07 Å². The van der Waals surface area contributed by atoms with Crippen molar-refractivity contribution in [1.29, 1.82) is 0 Å². The summed E-state index contributed by atoms with van der Waals surface area (Å²) in [7, 11) is 1.68. The average Bonchev–Trinajstić information content (AvgIpc) is 2.48. The van der Waals surface area contributed by atoms with Gasteiger partial charge in [-0.2, -0.15) is 0 Å². The molecule has 0 radical (unpaired) electrons. The zero-order chi connectivity index (χ0) is 15.5. The zero-order valence-electron chi connectivity index (χ0n) is 12.8. The molecule has 0 unspecified atom stereocenters. The molecule has 1 aromatic rings. The summed E-state index contributed by atoms with van der Waals surface area (Å²) in [5.41, 5.74) is 0.916. The minimum atomic E-state index is -0.383. The molecule has 0 aliphatic carbocycles. The maximum absolute atomic E-state index is 10.9. The third kappa shape index (κ3) is 6.55. The summed E-state index contributed by atoms with van der Waals surface area (Å²) in [5.74, 6) is 0.710. The molecule has 118 valence electrons. The third-order valence-corrected chi connectivity index (χ3v) is 3.00. The molecule has 21 heavy (non-hydrogen) atoms. The molecule has 1 N–H and O–H groups in total. The van der Waals surface area contributed by atoms with Crippen LogP contribution in [-0.4, -0.2) is 31.8 Å². The maximum Gasteiger partial charge on any atom is 0.270 e. The molecule has 0 aliphatic rings. The summed E-state index contributed by atoms with van der Waals surface area (Å²) >= 11 is 0. The van der Waals surface area contributed by atoms with Crippen molar-refractivity contribution in [1.82, 2.24) is 5.32 Å². The molecule has 0 aliphatic heterocycles. The molecule has 0 amide bonds. The molecule has 0 spiro atoms. The predicted octanol–water partition coefficient (Wildman–Crippen LogP) is 2.90. The van der Waals surface area contributed by atoms with E-state index in [2.05, 4.69) is 12.2 Å². The Labute approximate surface area is 125 Å². The molecule has 0 aromatic heterocycles. The van der Waals surface area contributed by atoms with Crippen molar-refractivity contribution in [2.45, 2.75) is 32.7 Å². The van der Waals surface area contributed by atoms with Crippen LogP contribution < -0.4 is 10.1 Å². The lowest BCUT2D eigenvalue weighted by Crippen LogP contribution is -2.15. The highest BCUT2D eigenvalue weighted by atomic mass is 16.6. The molecule has 0 fully saturated rings. The second-order valence-corrected chi connectivity index (χ2v) is 4.77. The Morgan fingerprint density at radius 3 is 2.71 bits per heavy atom. The van der Waals surface area contributed by atoms with Gasteiger partial charge in [-0.3, -0.25) is 10.1 Å². The van der Waals surface area contributed by atoms with Crippen LogP contribution in [0.5, 0.6) is 5.75 Å². The van der Waals surface area contributed by atoms with Gasteiger partial charge in [0.1, 0.15) is 5.75 Å². The van der Waals surface area contributed by atoms with Crippen LogP contribution in [-0.2, 0) is 11.3 Å².